The van der Waals surface area contributed by atoms with Crippen LogP contribution < -0.4 is 9.64 Å². The summed E-state index contributed by atoms with van der Waals surface area (Å²) in [5, 5.41) is 0. The summed E-state index contributed by atoms with van der Waals surface area (Å²) in [6.07, 6.45) is -2.40. The molecule has 0 fully saturated rings. The van der Waals surface area contributed by atoms with E-state index in [-0.39, 0.29) is 17.6 Å². The Morgan fingerprint density at radius 2 is 1.67 bits per heavy atom. The van der Waals surface area contributed by atoms with E-state index < -0.39 is 12.4 Å². The van der Waals surface area contributed by atoms with Crippen molar-refractivity contribution in [1.82, 2.24) is 0 Å². The molecule has 0 bridgehead atoms. The van der Waals surface area contributed by atoms with Gasteiger partial charge in [0.15, 0.2) is 0 Å². The van der Waals surface area contributed by atoms with Crippen LogP contribution in [0, 0.1) is 6.92 Å². The molecule has 0 radical (unpaired) electrons. The maximum absolute atomic E-state index is 13.5. The minimum atomic E-state index is -4.78. The molecular formula is C27H24F3NO2. The summed E-state index contributed by atoms with van der Waals surface area (Å²) in [6, 6.07) is 22.7. The lowest BCUT2D eigenvalue weighted by atomic mass is 9.93. The van der Waals surface area contributed by atoms with E-state index >= 15 is 0 Å². The Bertz CT molecular complexity index is 1150. The van der Waals surface area contributed by atoms with Crippen LogP contribution in [-0.4, -0.2) is 12.3 Å². The summed E-state index contributed by atoms with van der Waals surface area (Å²) in [7, 11) is 0. The van der Waals surface area contributed by atoms with Crippen molar-refractivity contribution in [3.63, 3.8) is 0 Å². The Morgan fingerprint density at radius 1 is 0.970 bits per heavy atom. The van der Waals surface area contributed by atoms with Crippen molar-refractivity contribution in [2.75, 3.05) is 4.90 Å². The van der Waals surface area contributed by atoms with E-state index in [1.165, 1.54) is 18.2 Å². The van der Waals surface area contributed by atoms with E-state index in [0.29, 0.717) is 23.2 Å². The van der Waals surface area contributed by atoms with Gasteiger partial charge in [0.1, 0.15) is 5.75 Å². The fraction of sp³-hybridized carbons (Fsp3) is 0.222. The van der Waals surface area contributed by atoms with Gasteiger partial charge in [-0.2, -0.15) is 0 Å². The first-order chi connectivity index (χ1) is 15.7. The molecule has 0 aromatic heterocycles. The molecule has 2 atom stereocenters. The largest absolute Gasteiger partial charge is 0.573 e. The van der Waals surface area contributed by atoms with Crippen LogP contribution in [0.4, 0.5) is 18.9 Å². The summed E-state index contributed by atoms with van der Waals surface area (Å²) >= 11 is 0. The molecule has 0 aliphatic carbocycles. The number of anilines is 1. The molecular weight excluding hydrogens is 427 g/mol. The first kappa shape index (κ1) is 22.6. The van der Waals surface area contributed by atoms with E-state index in [2.05, 4.69) is 11.7 Å². The zero-order chi connectivity index (χ0) is 23.6. The molecule has 1 amide bonds. The Hall–Kier alpha value is -3.54. The van der Waals surface area contributed by atoms with Crippen LogP contribution >= 0.6 is 0 Å². The Kier molecular flexibility index (Phi) is 6.27. The Morgan fingerprint density at radius 3 is 2.33 bits per heavy atom. The van der Waals surface area contributed by atoms with Crippen molar-refractivity contribution in [3.8, 4) is 5.75 Å². The summed E-state index contributed by atoms with van der Waals surface area (Å²) in [4.78, 5) is 15.1. The summed E-state index contributed by atoms with van der Waals surface area (Å²) in [6.45, 7) is 4.01. The number of alkyl halides is 3. The van der Waals surface area contributed by atoms with Gasteiger partial charge in [-0.1, -0.05) is 67.1 Å². The van der Waals surface area contributed by atoms with Crippen LogP contribution in [0.3, 0.4) is 0 Å². The second kappa shape index (κ2) is 9.14. The summed E-state index contributed by atoms with van der Waals surface area (Å²) in [5.41, 5.74) is 4.05. The highest BCUT2D eigenvalue weighted by atomic mass is 19.4. The number of aryl methyl sites for hydroxylation is 1. The smallest absolute Gasteiger partial charge is 0.406 e. The van der Waals surface area contributed by atoms with Crippen molar-refractivity contribution in [3.05, 3.63) is 107 Å². The second-order valence-corrected chi connectivity index (χ2v) is 8.28. The number of carbonyl (C=O) groups excluding carboxylic acids is 1. The van der Waals surface area contributed by atoms with Crippen LogP contribution in [0.1, 0.15) is 42.0 Å². The molecule has 3 nitrogen and oxygen atoms in total. The molecule has 3 aromatic rings. The Labute approximate surface area is 191 Å². The van der Waals surface area contributed by atoms with Crippen LogP contribution in [0.5, 0.6) is 5.75 Å². The van der Waals surface area contributed by atoms with Gasteiger partial charge in [-0.25, -0.2) is 0 Å². The molecule has 6 heteroatoms. The first-order valence-electron chi connectivity index (χ1n) is 10.7. The predicted octanol–water partition coefficient (Wildman–Crippen LogP) is 7.10. The van der Waals surface area contributed by atoms with E-state index in [1.54, 1.807) is 11.0 Å². The lowest BCUT2D eigenvalue weighted by Crippen LogP contribution is -2.29. The minimum absolute atomic E-state index is 0.111. The first-order valence-corrected chi connectivity index (χ1v) is 10.7. The molecule has 0 unspecified atom stereocenters. The van der Waals surface area contributed by atoms with Gasteiger partial charge >= 0.3 is 6.36 Å². The van der Waals surface area contributed by atoms with Crippen molar-refractivity contribution in [2.24, 2.45) is 0 Å². The molecule has 1 heterocycles. The normalized spacial score (nSPS) is 17.1. The van der Waals surface area contributed by atoms with Crippen LogP contribution in [0.15, 0.2) is 90.5 Å². The van der Waals surface area contributed by atoms with Crippen LogP contribution in [0.25, 0.3) is 0 Å². The van der Waals surface area contributed by atoms with Crippen molar-refractivity contribution < 1.29 is 22.7 Å². The van der Waals surface area contributed by atoms with Gasteiger partial charge < -0.3 is 4.74 Å². The average Bonchev–Trinajstić information content (AvgIpc) is 3.10. The monoisotopic (exact) mass is 451 g/mol. The van der Waals surface area contributed by atoms with Crippen molar-refractivity contribution >= 4 is 11.6 Å². The highest BCUT2D eigenvalue weighted by Crippen LogP contribution is 2.40. The maximum Gasteiger partial charge on any atom is 0.573 e. The molecule has 4 rings (SSSR count). The van der Waals surface area contributed by atoms with Gasteiger partial charge in [0.05, 0.1) is 6.04 Å². The maximum atomic E-state index is 13.5. The average molecular weight is 451 g/mol. The molecule has 0 N–H and O–H groups in total. The number of benzene rings is 3. The third kappa shape index (κ3) is 5.28. The number of ether oxygens (including phenoxy) is 1. The standard InChI is InChI=1S/C27H24F3NO2/c1-18-11-13-23(14-12-18)31-25(21-9-6-10-24(16-21)33-27(28,29)30)17-22(26(31)32)15-19(2)20-7-4-3-5-8-20/h3-14,16-17,19,25H,15H2,1-2H3/t19-,25-/m0/s1. The summed E-state index contributed by atoms with van der Waals surface area (Å²) in [5.74, 6) is -0.343. The minimum Gasteiger partial charge on any atom is -0.406 e. The zero-order valence-electron chi connectivity index (χ0n) is 18.3. The topological polar surface area (TPSA) is 29.5 Å². The Balaban J connectivity index is 1.70. The van der Waals surface area contributed by atoms with E-state index in [1.807, 2.05) is 67.6 Å². The summed E-state index contributed by atoms with van der Waals surface area (Å²) < 4.78 is 42.4. The number of nitrogens with zero attached hydrogens (tertiary/aromatic N) is 1. The number of amides is 1. The number of hydrogen-bond acceptors (Lipinski definition) is 2. The highest BCUT2D eigenvalue weighted by molar-refractivity contribution is 6.09. The molecule has 0 saturated carbocycles. The quantitative estimate of drug-likeness (QED) is 0.400. The second-order valence-electron chi connectivity index (χ2n) is 8.28. The number of rotatable bonds is 6. The van der Waals surface area contributed by atoms with Gasteiger partial charge in [-0.3, -0.25) is 9.69 Å². The van der Waals surface area contributed by atoms with E-state index in [0.717, 1.165) is 11.1 Å². The molecule has 0 spiro atoms. The lowest BCUT2D eigenvalue weighted by molar-refractivity contribution is -0.274. The fourth-order valence-corrected chi connectivity index (χ4v) is 4.13. The predicted molar refractivity (Wildman–Crippen MR) is 122 cm³/mol. The molecule has 1 aliphatic rings. The van der Waals surface area contributed by atoms with Gasteiger partial charge in [-0.15, -0.1) is 13.2 Å². The third-order valence-corrected chi connectivity index (χ3v) is 5.77. The number of halogens is 3. The fourth-order valence-electron chi connectivity index (χ4n) is 4.13. The molecule has 33 heavy (non-hydrogen) atoms. The van der Waals surface area contributed by atoms with Gasteiger partial charge in [0.2, 0.25) is 0 Å². The molecule has 1 aliphatic heterocycles. The van der Waals surface area contributed by atoms with Crippen molar-refractivity contribution in [1.29, 1.82) is 0 Å². The van der Waals surface area contributed by atoms with Gasteiger partial charge in [-0.05, 0) is 60.7 Å². The van der Waals surface area contributed by atoms with E-state index in [9.17, 15) is 18.0 Å². The molecule has 3 aromatic carbocycles. The van der Waals surface area contributed by atoms with Gasteiger partial charge in [0.25, 0.3) is 5.91 Å². The van der Waals surface area contributed by atoms with Crippen LogP contribution in [-0.2, 0) is 4.79 Å². The zero-order valence-corrected chi connectivity index (χ0v) is 18.3. The number of hydrogen-bond donors (Lipinski definition) is 0. The van der Waals surface area contributed by atoms with Crippen LogP contribution in [0.2, 0.25) is 0 Å². The number of carbonyl (C=O) groups is 1. The lowest BCUT2D eigenvalue weighted by Gasteiger charge is -2.26. The SMILES string of the molecule is Cc1ccc(N2C(=O)C(C[C@H](C)c3ccccc3)=C[C@H]2c2cccc(OC(F)(F)F)c2)cc1. The van der Waals surface area contributed by atoms with Crippen molar-refractivity contribution in [2.45, 2.75) is 38.6 Å². The van der Waals surface area contributed by atoms with E-state index in [4.69, 9.17) is 0 Å². The van der Waals surface area contributed by atoms with Gasteiger partial charge in [0, 0.05) is 11.3 Å². The third-order valence-electron chi connectivity index (χ3n) is 5.77. The molecule has 170 valence electrons. The molecule has 0 saturated heterocycles. The highest BCUT2D eigenvalue weighted by Gasteiger charge is 2.36.